The zero-order valence-electron chi connectivity index (χ0n) is 12.1. The third kappa shape index (κ3) is 3.07. The van der Waals surface area contributed by atoms with Crippen LogP contribution in [0.25, 0.3) is 0 Å². The molecular formula is C16H19N3O2. The number of methoxy groups -OCH3 is 1. The summed E-state index contributed by atoms with van der Waals surface area (Å²) in [5.41, 5.74) is 3.22. The third-order valence-corrected chi connectivity index (χ3v) is 3.87. The van der Waals surface area contributed by atoms with E-state index < -0.39 is 0 Å². The van der Waals surface area contributed by atoms with Gasteiger partial charge in [0, 0.05) is 0 Å². The molecule has 0 saturated heterocycles. The fraction of sp³-hybridized carbons (Fsp3) is 0.375. The van der Waals surface area contributed by atoms with Crippen molar-refractivity contribution in [3.05, 3.63) is 47.3 Å². The molecule has 2 aromatic rings. The van der Waals surface area contributed by atoms with Gasteiger partial charge in [-0.2, -0.15) is 5.10 Å². The molecule has 2 N–H and O–H groups in total. The molecule has 1 aliphatic carbocycles. The van der Waals surface area contributed by atoms with Gasteiger partial charge in [0.25, 0.3) is 0 Å². The maximum absolute atomic E-state index is 12.2. The first-order chi connectivity index (χ1) is 10.3. The van der Waals surface area contributed by atoms with Crippen molar-refractivity contribution >= 4 is 5.91 Å². The maximum atomic E-state index is 12.2. The van der Waals surface area contributed by atoms with Crippen molar-refractivity contribution in [1.82, 2.24) is 15.5 Å². The van der Waals surface area contributed by atoms with Gasteiger partial charge in [0.1, 0.15) is 5.75 Å². The molecule has 0 spiro atoms. The van der Waals surface area contributed by atoms with Crippen LogP contribution >= 0.6 is 0 Å². The van der Waals surface area contributed by atoms with Gasteiger partial charge >= 0.3 is 0 Å². The topological polar surface area (TPSA) is 67.0 Å². The summed E-state index contributed by atoms with van der Waals surface area (Å²) in [4.78, 5) is 12.2. The monoisotopic (exact) mass is 285 g/mol. The number of aryl methyl sites for hydroxylation is 1. The van der Waals surface area contributed by atoms with Gasteiger partial charge in [-0.25, -0.2) is 0 Å². The van der Waals surface area contributed by atoms with Gasteiger partial charge in [0.05, 0.1) is 31.5 Å². The van der Waals surface area contributed by atoms with Crippen LogP contribution in [0.4, 0.5) is 0 Å². The van der Waals surface area contributed by atoms with Crippen LogP contribution in [-0.2, 0) is 17.6 Å². The van der Waals surface area contributed by atoms with Gasteiger partial charge in [-0.1, -0.05) is 12.1 Å². The number of carbonyl (C=O) groups is 1. The third-order valence-electron chi connectivity index (χ3n) is 3.87. The largest absolute Gasteiger partial charge is 0.497 e. The van der Waals surface area contributed by atoms with Crippen LogP contribution in [0.5, 0.6) is 5.75 Å². The molecule has 0 bridgehead atoms. The minimum Gasteiger partial charge on any atom is -0.497 e. The molecule has 1 amide bonds. The highest BCUT2D eigenvalue weighted by Crippen LogP contribution is 2.27. The van der Waals surface area contributed by atoms with E-state index in [0.717, 1.165) is 36.3 Å². The van der Waals surface area contributed by atoms with Crippen molar-refractivity contribution in [3.63, 3.8) is 0 Å². The lowest BCUT2D eigenvalue weighted by Crippen LogP contribution is -2.32. The number of amides is 1. The second-order valence-electron chi connectivity index (χ2n) is 5.35. The molecule has 1 aliphatic rings. The summed E-state index contributed by atoms with van der Waals surface area (Å²) in [6, 6.07) is 7.65. The van der Waals surface area contributed by atoms with Gasteiger partial charge in [0.15, 0.2) is 0 Å². The summed E-state index contributed by atoms with van der Waals surface area (Å²) in [5, 5.41) is 10.2. The molecule has 1 atom stereocenters. The molecule has 5 nitrogen and oxygen atoms in total. The Morgan fingerprint density at radius 2 is 2.43 bits per heavy atom. The molecular weight excluding hydrogens is 266 g/mol. The fourth-order valence-corrected chi connectivity index (χ4v) is 2.82. The minimum absolute atomic E-state index is 0.0238. The van der Waals surface area contributed by atoms with Crippen molar-refractivity contribution in [2.45, 2.75) is 31.7 Å². The number of hydrogen-bond donors (Lipinski definition) is 2. The van der Waals surface area contributed by atoms with E-state index in [1.165, 1.54) is 5.56 Å². The molecule has 0 saturated carbocycles. The van der Waals surface area contributed by atoms with Crippen LogP contribution in [0, 0.1) is 0 Å². The van der Waals surface area contributed by atoms with E-state index in [0.29, 0.717) is 6.42 Å². The van der Waals surface area contributed by atoms with Crippen molar-refractivity contribution in [3.8, 4) is 5.75 Å². The van der Waals surface area contributed by atoms with Crippen LogP contribution in [0.1, 0.15) is 35.7 Å². The summed E-state index contributed by atoms with van der Waals surface area (Å²) >= 11 is 0. The van der Waals surface area contributed by atoms with Gasteiger partial charge in [-0.05, 0) is 42.5 Å². The Balaban J connectivity index is 1.65. The van der Waals surface area contributed by atoms with Gasteiger partial charge in [0.2, 0.25) is 5.91 Å². The van der Waals surface area contributed by atoms with Crippen molar-refractivity contribution < 1.29 is 9.53 Å². The highest BCUT2D eigenvalue weighted by molar-refractivity contribution is 5.79. The molecule has 110 valence electrons. The Bertz CT molecular complexity index is 636. The highest BCUT2D eigenvalue weighted by Gasteiger charge is 2.23. The predicted molar refractivity (Wildman–Crippen MR) is 79.1 cm³/mol. The first kappa shape index (κ1) is 13.7. The average molecular weight is 285 g/mol. The smallest absolute Gasteiger partial charge is 0.224 e. The molecule has 5 heteroatoms. The molecule has 1 aromatic carbocycles. The summed E-state index contributed by atoms with van der Waals surface area (Å²) in [6.45, 7) is 0. The minimum atomic E-state index is 0.0238. The lowest BCUT2D eigenvalue weighted by Gasteiger charge is -2.23. The Morgan fingerprint density at radius 1 is 1.52 bits per heavy atom. The van der Waals surface area contributed by atoms with E-state index >= 15 is 0 Å². The van der Waals surface area contributed by atoms with Crippen LogP contribution in [0.15, 0.2) is 30.5 Å². The molecule has 0 radical (unpaired) electrons. The Morgan fingerprint density at radius 3 is 3.29 bits per heavy atom. The number of ether oxygens (including phenoxy) is 1. The second-order valence-corrected chi connectivity index (χ2v) is 5.35. The molecule has 0 fully saturated rings. The van der Waals surface area contributed by atoms with E-state index in [1.54, 1.807) is 7.11 Å². The number of benzene rings is 1. The van der Waals surface area contributed by atoms with E-state index in [9.17, 15) is 4.79 Å². The number of nitrogens with one attached hydrogen (secondary N) is 2. The van der Waals surface area contributed by atoms with E-state index in [4.69, 9.17) is 4.74 Å². The molecule has 3 rings (SSSR count). The summed E-state index contributed by atoms with van der Waals surface area (Å²) in [5.74, 6) is 0.796. The van der Waals surface area contributed by atoms with Crippen LogP contribution < -0.4 is 10.1 Å². The maximum Gasteiger partial charge on any atom is 0.224 e. The predicted octanol–water partition coefficient (Wildman–Crippen LogP) is 2.15. The number of aromatic nitrogens is 2. The van der Waals surface area contributed by atoms with Crippen LogP contribution in [0.2, 0.25) is 0 Å². The quantitative estimate of drug-likeness (QED) is 0.904. The van der Waals surface area contributed by atoms with Gasteiger partial charge in [-0.15, -0.1) is 0 Å². The summed E-state index contributed by atoms with van der Waals surface area (Å²) in [7, 11) is 1.63. The highest BCUT2D eigenvalue weighted by atomic mass is 16.5. The zero-order chi connectivity index (χ0) is 14.7. The number of fused-ring (bicyclic) bond motifs is 1. The molecule has 1 heterocycles. The number of carbonyl (C=O) groups excluding carboxylic acids is 1. The average Bonchev–Trinajstić information content (AvgIpc) is 2.97. The van der Waals surface area contributed by atoms with Crippen molar-refractivity contribution in [2.75, 3.05) is 7.11 Å². The number of H-pyrrole nitrogens is 1. The second kappa shape index (κ2) is 5.99. The normalized spacial score (nSPS) is 17.1. The van der Waals surface area contributed by atoms with Crippen molar-refractivity contribution in [1.29, 1.82) is 0 Å². The molecule has 0 aliphatic heterocycles. The molecule has 0 unspecified atom stereocenters. The summed E-state index contributed by atoms with van der Waals surface area (Å²) < 4.78 is 5.18. The van der Waals surface area contributed by atoms with E-state index in [1.807, 2.05) is 30.5 Å². The lowest BCUT2D eigenvalue weighted by molar-refractivity contribution is -0.121. The standard InChI is InChI=1S/C16H19N3O2/c1-21-13-6-2-4-11(8-13)9-15(20)18-14-7-3-5-12-10-17-19-16(12)14/h2,4,6,8,10,14H,3,5,7,9H2,1H3,(H,17,19)(H,18,20)/t14-/m1/s1. The fourth-order valence-electron chi connectivity index (χ4n) is 2.82. The van der Waals surface area contributed by atoms with Crippen LogP contribution in [0.3, 0.4) is 0 Å². The Hall–Kier alpha value is -2.30. The van der Waals surface area contributed by atoms with Crippen molar-refractivity contribution in [2.24, 2.45) is 0 Å². The number of hydrogen-bond acceptors (Lipinski definition) is 3. The first-order valence-electron chi connectivity index (χ1n) is 7.20. The Labute approximate surface area is 123 Å². The van der Waals surface area contributed by atoms with E-state index in [2.05, 4.69) is 15.5 Å². The zero-order valence-corrected chi connectivity index (χ0v) is 12.1. The lowest BCUT2D eigenvalue weighted by atomic mass is 9.93. The Kier molecular flexibility index (Phi) is 3.90. The molecule has 21 heavy (non-hydrogen) atoms. The summed E-state index contributed by atoms with van der Waals surface area (Å²) in [6.07, 6.45) is 5.29. The number of aromatic amines is 1. The number of rotatable bonds is 4. The SMILES string of the molecule is COc1cccc(CC(=O)N[C@@H]2CCCc3cn[nH]c32)c1. The van der Waals surface area contributed by atoms with Gasteiger partial charge in [-0.3, -0.25) is 9.89 Å². The number of nitrogens with zero attached hydrogens (tertiary/aromatic N) is 1. The molecule has 1 aromatic heterocycles. The first-order valence-corrected chi connectivity index (χ1v) is 7.20. The van der Waals surface area contributed by atoms with Crippen LogP contribution in [-0.4, -0.2) is 23.2 Å². The van der Waals surface area contributed by atoms with E-state index in [-0.39, 0.29) is 11.9 Å². The van der Waals surface area contributed by atoms with Gasteiger partial charge < -0.3 is 10.1 Å².